The third-order valence-electron chi connectivity index (χ3n) is 6.05. The Morgan fingerprint density at radius 2 is 1.88 bits per heavy atom. The summed E-state index contributed by atoms with van der Waals surface area (Å²) in [5.41, 5.74) is -3.00. The lowest BCUT2D eigenvalue weighted by Crippen LogP contribution is -2.53. The van der Waals surface area contributed by atoms with Gasteiger partial charge < -0.3 is 10.1 Å². The number of carbonyl (C=O) groups is 1. The fourth-order valence-corrected chi connectivity index (χ4v) is 4.26. The van der Waals surface area contributed by atoms with Gasteiger partial charge in [-0.1, -0.05) is 25.0 Å². The van der Waals surface area contributed by atoms with Crippen molar-refractivity contribution in [2.75, 3.05) is 5.32 Å². The second kappa shape index (κ2) is 9.24. The maximum absolute atomic E-state index is 13.4. The lowest BCUT2D eigenvalue weighted by atomic mass is 9.83. The summed E-state index contributed by atoms with van der Waals surface area (Å²) in [6.45, 7) is 1.63. The lowest BCUT2D eigenvalue weighted by molar-refractivity contribution is -0.138. The highest BCUT2D eigenvalue weighted by Gasteiger charge is 2.46. The molecule has 178 valence electrons. The molecule has 1 aliphatic rings. The Labute approximate surface area is 192 Å². The molecule has 1 saturated carbocycles. The first-order valence-electron chi connectivity index (χ1n) is 10.7. The number of carbonyl (C=O) groups excluding carboxylic acids is 1. The van der Waals surface area contributed by atoms with E-state index < -0.39 is 34.5 Å². The number of hydrogen-bond donors (Lipinski definition) is 1. The number of amides is 1. The number of hydrogen-bond acceptors (Lipinski definition) is 6. The molecular weight excluding hydrogens is 451 g/mol. The SMILES string of the molecule is CC(C(=O)Nc1cnccn1)(C1CCCC1)n1ncc(Oc2ccccc2C(F)(F)F)cc1=O. The molecule has 1 fully saturated rings. The number of ether oxygens (including phenoxy) is 1. The summed E-state index contributed by atoms with van der Waals surface area (Å²) in [4.78, 5) is 34.4. The summed E-state index contributed by atoms with van der Waals surface area (Å²) >= 11 is 0. The summed E-state index contributed by atoms with van der Waals surface area (Å²) < 4.78 is 46.2. The number of nitrogens with one attached hydrogen (secondary N) is 1. The van der Waals surface area contributed by atoms with Crippen LogP contribution in [0.3, 0.4) is 0 Å². The normalized spacial score (nSPS) is 16.1. The van der Waals surface area contributed by atoms with Crippen LogP contribution in [0, 0.1) is 5.92 Å². The van der Waals surface area contributed by atoms with Gasteiger partial charge in [-0.05, 0) is 37.8 Å². The summed E-state index contributed by atoms with van der Waals surface area (Å²) in [5.74, 6) is -1.04. The summed E-state index contributed by atoms with van der Waals surface area (Å²) in [6, 6.07) is 5.72. The average Bonchev–Trinajstić information content (AvgIpc) is 3.35. The van der Waals surface area contributed by atoms with Gasteiger partial charge in [0.15, 0.2) is 11.6 Å². The Balaban J connectivity index is 1.68. The molecule has 0 saturated heterocycles. The molecule has 1 N–H and O–H groups in total. The first-order chi connectivity index (χ1) is 16.2. The molecule has 1 amide bonds. The number of nitrogens with zero attached hydrogens (tertiary/aromatic N) is 4. The second-order valence-corrected chi connectivity index (χ2v) is 8.21. The van der Waals surface area contributed by atoms with Crippen LogP contribution in [0.15, 0.2) is 59.9 Å². The number of rotatable bonds is 6. The van der Waals surface area contributed by atoms with Crippen molar-refractivity contribution >= 4 is 11.7 Å². The molecule has 4 rings (SSSR count). The van der Waals surface area contributed by atoms with Gasteiger partial charge >= 0.3 is 6.18 Å². The molecule has 1 aliphatic carbocycles. The van der Waals surface area contributed by atoms with E-state index >= 15 is 0 Å². The molecule has 34 heavy (non-hydrogen) atoms. The number of halogens is 3. The number of aromatic nitrogens is 4. The van der Waals surface area contributed by atoms with Crippen LogP contribution in [0.25, 0.3) is 0 Å². The largest absolute Gasteiger partial charge is 0.455 e. The van der Waals surface area contributed by atoms with Crippen molar-refractivity contribution in [3.8, 4) is 11.5 Å². The summed E-state index contributed by atoms with van der Waals surface area (Å²) in [5, 5.41) is 6.84. The zero-order valence-electron chi connectivity index (χ0n) is 18.2. The molecule has 2 heterocycles. The first-order valence-corrected chi connectivity index (χ1v) is 10.7. The van der Waals surface area contributed by atoms with Crippen LogP contribution < -0.4 is 15.6 Å². The van der Waals surface area contributed by atoms with Crippen molar-refractivity contribution in [2.45, 2.75) is 44.3 Å². The molecule has 0 spiro atoms. The van der Waals surface area contributed by atoms with E-state index in [0.29, 0.717) is 0 Å². The smallest absolute Gasteiger partial charge is 0.419 e. The lowest BCUT2D eigenvalue weighted by Gasteiger charge is -2.34. The molecule has 1 aromatic carbocycles. The molecule has 8 nitrogen and oxygen atoms in total. The van der Waals surface area contributed by atoms with Gasteiger partial charge in [-0.15, -0.1) is 0 Å². The van der Waals surface area contributed by atoms with Gasteiger partial charge in [0.2, 0.25) is 0 Å². The van der Waals surface area contributed by atoms with E-state index in [-0.39, 0.29) is 17.5 Å². The molecule has 2 aromatic heterocycles. The topological polar surface area (TPSA) is 99.0 Å². The molecule has 0 radical (unpaired) electrons. The van der Waals surface area contributed by atoms with Crippen LogP contribution in [0.1, 0.15) is 38.2 Å². The van der Waals surface area contributed by atoms with Gasteiger partial charge in [-0.25, -0.2) is 9.67 Å². The molecule has 1 atom stereocenters. The quantitative estimate of drug-likeness (QED) is 0.570. The van der Waals surface area contributed by atoms with E-state index in [9.17, 15) is 22.8 Å². The highest BCUT2D eigenvalue weighted by atomic mass is 19.4. The maximum atomic E-state index is 13.4. The van der Waals surface area contributed by atoms with Crippen molar-refractivity contribution in [2.24, 2.45) is 5.92 Å². The standard InChI is InChI=1S/C23H22F3N5O3/c1-22(15-6-2-3-7-15,21(33)30-19-14-27-10-11-28-19)31-20(32)12-16(13-29-31)34-18-9-5-4-8-17(18)23(24,25)26/h4-5,8-15H,2-3,6-7H2,1H3,(H,28,30,33). The van der Waals surface area contributed by atoms with E-state index in [1.165, 1.54) is 30.7 Å². The zero-order chi connectivity index (χ0) is 24.3. The van der Waals surface area contributed by atoms with Crippen LogP contribution in [-0.4, -0.2) is 25.7 Å². The van der Waals surface area contributed by atoms with Crippen LogP contribution >= 0.6 is 0 Å². The minimum atomic E-state index is -4.63. The number of benzene rings is 1. The van der Waals surface area contributed by atoms with E-state index in [4.69, 9.17) is 4.74 Å². The van der Waals surface area contributed by atoms with Crippen LogP contribution in [0.2, 0.25) is 0 Å². The van der Waals surface area contributed by atoms with E-state index in [1.807, 2.05) is 0 Å². The fourth-order valence-electron chi connectivity index (χ4n) is 4.26. The van der Waals surface area contributed by atoms with Gasteiger partial charge in [0, 0.05) is 18.5 Å². The second-order valence-electron chi connectivity index (χ2n) is 8.21. The Kier molecular flexibility index (Phi) is 6.36. The van der Waals surface area contributed by atoms with Crippen LogP contribution in [0.5, 0.6) is 11.5 Å². The minimum Gasteiger partial charge on any atom is -0.455 e. The highest BCUT2D eigenvalue weighted by molar-refractivity contribution is 5.95. The van der Waals surface area contributed by atoms with Gasteiger partial charge in [-0.3, -0.25) is 14.6 Å². The Morgan fingerprint density at radius 1 is 1.15 bits per heavy atom. The highest BCUT2D eigenvalue weighted by Crippen LogP contribution is 2.40. The van der Waals surface area contributed by atoms with E-state index in [1.54, 1.807) is 6.92 Å². The number of para-hydroxylation sites is 1. The first kappa shape index (κ1) is 23.4. The van der Waals surface area contributed by atoms with Crippen molar-refractivity contribution < 1.29 is 22.7 Å². The Hall–Kier alpha value is -3.76. The van der Waals surface area contributed by atoms with Crippen molar-refractivity contribution in [1.29, 1.82) is 0 Å². The minimum absolute atomic E-state index is 0.166. The van der Waals surface area contributed by atoms with Crippen LogP contribution in [-0.2, 0) is 16.5 Å². The Morgan fingerprint density at radius 3 is 2.53 bits per heavy atom. The Bertz CT molecular complexity index is 1230. The predicted molar refractivity (Wildman–Crippen MR) is 116 cm³/mol. The summed E-state index contributed by atoms with van der Waals surface area (Å²) in [6.07, 6.45) is 4.04. The monoisotopic (exact) mass is 473 g/mol. The third-order valence-corrected chi connectivity index (χ3v) is 6.05. The van der Waals surface area contributed by atoms with Crippen LogP contribution in [0.4, 0.5) is 19.0 Å². The van der Waals surface area contributed by atoms with Gasteiger partial charge in [0.1, 0.15) is 11.3 Å². The van der Waals surface area contributed by atoms with Gasteiger partial charge in [0.25, 0.3) is 11.5 Å². The van der Waals surface area contributed by atoms with E-state index in [2.05, 4.69) is 20.4 Å². The fraction of sp³-hybridized carbons (Fsp3) is 0.348. The molecular formula is C23H22F3N5O3. The molecule has 0 bridgehead atoms. The maximum Gasteiger partial charge on any atom is 0.419 e. The molecule has 1 unspecified atom stereocenters. The van der Waals surface area contributed by atoms with E-state index in [0.717, 1.165) is 54.8 Å². The summed E-state index contributed by atoms with van der Waals surface area (Å²) in [7, 11) is 0. The molecule has 11 heteroatoms. The number of anilines is 1. The van der Waals surface area contributed by atoms with Crippen molar-refractivity contribution in [3.63, 3.8) is 0 Å². The molecule has 3 aromatic rings. The zero-order valence-corrected chi connectivity index (χ0v) is 18.2. The van der Waals surface area contributed by atoms with Crippen molar-refractivity contribution in [3.05, 3.63) is 71.0 Å². The average molecular weight is 473 g/mol. The number of alkyl halides is 3. The van der Waals surface area contributed by atoms with Gasteiger partial charge in [-0.2, -0.15) is 18.3 Å². The molecule has 0 aliphatic heterocycles. The third kappa shape index (κ3) is 4.63. The van der Waals surface area contributed by atoms with Gasteiger partial charge in [0.05, 0.1) is 18.0 Å². The van der Waals surface area contributed by atoms with Crippen molar-refractivity contribution in [1.82, 2.24) is 19.7 Å². The predicted octanol–water partition coefficient (Wildman–Crippen LogP) is 4.39.